The van der Waals surface area contributed by atoms with Gasteiger partial charge in [0.25, 0.3) is 0 Å². The van der Waals surface area contributed by atoms with E-state index in [9.17, 15) is 9.59 Å². The maximum absolute atomic E-state index is 12.6. The van der Waals surface area contributed by atoms with Crippen molar-refractivity contribution in [2.45, 2.75) is 39.5 Å². The molecule has 0 saturated carbocycles. The number of hydrogen-bond donors (Lipinski definition) is 1. The van der Waals surface area contributed by atoms with Crippen LogP contribution in [0.15, 0.2) is 35.2 Å². The molecule has 4 nitrogen and oxygen atoms in total. The van der Waals surface area contributed by atoms with E-state index in [1.807, 2.05) is 26.0 Å². The Morgan fingerprint density at radius 1 is 1.35 bits per heavy atom. The predicted octanol–water partition coefficient (Wildman–Crippen LogP) is 3.44. The van der Waals surface area contributed by atoms with Gasteiger partial charge in [0, 0.05) is 33.5 Å². The van der Waals surface area contributed by atoms with Crippen molar-refractivity contribution in [3.8, 4) is 0 Å². The number of ether oxygens (including phenoxy) is 1. The van der Waals surface area contributed by atoms with Crippen molar-refractivity contribution in [1.29, 1.82) is 0 Å². The fraction of sp³-hybridized carbons (Fsp3) is 0.444. The largest absolute Gasteiger partial charge is 0.463 e. The average Bonchev–Trinajstić information content (AvgIpc) is 2.92. The minimum Gasteiger partial charge on any atom is -0.463 e. The second kappa shape index (κ2) is 6.32. The normalized spacial score (nSPS) is 24.0. The molecule has 0 saturated heterocycles. The van der Waals surface area contributed by atoms with Crippen LogP contribution in [0, 0.1) is 12.8 Å². The van der Waals surface area contributed by atoms with Crippen LogP contribution in [0.5, 0.6) is 0 Å². The average molecular weight is 331 g/mol. The number of carbonyl (C=O) groups is 2. The van der Waals surface area contributed by atoms with Crippen molar-refractivity contribution < 1.29 is 14.3 Å². The van der Waals surface area contributed by atoms with Gasteiger partial charge in [-0.3, -0.25) is 4.79 Å². The number of fused-ring (bicyclic) bond motifs is 1. The van der Waals surface area contributed by atoms with E-state index in [4.69, 9.17) is 4.74 Å². The van der Waals surface area contributed by atoms with E-state index in [0.29, 0.717) is 18.6 Å². The van der Waals surface area contributed by atoms with Gasteiger partial charge in [0.05, 0.1) is 18.1 Å². The lowest BCUT2D eigenvalue weighted by Crippen LogP contribution is -2.40. The van der Waals surface area contributed by atoms with E-state index in [1.165, 1.54) is 4.88 Å². The molecule has 23 heavy (non-hydrogen) atoms. The van der Waals surface area contributed by atoms with Gasteiger partial charge in [-0.1, -0.05) is 6.08 Å². The number of esters is 1. The third-order valence-corrected chi connectivity index (χ3v) is 5.46. The molecule has 1 aromatic heterocycles. The number of Topliss-reactive ketones (excluding diaryl/α,β-unsaturated/α-hetero) is 1. The summed E-state index contributed by atoms with van der Waals surface area (Å²) in [7, 11) is 0. The van der Waals surface area contributed by atoms with E-state index in [1.54, 1.807) is 18.3 Å². The van der Waals surface area contributed by atoms with Gasteiger partial charge in [-0.25, -0.2) is 4.79 Å². The van der Waals surface area contributed by atoms with Crippen molar-refractivity contribution in [3.63, 3.8) is 0 Å². The fourth-order valence-electron chi connectivity index (χ4n) is 3.42. The van der Waals surface area contributed by atoms with Crippen LogP contribution in [0.4, 0.5) is 0 Å². The monoisotopic (exact) mass is 331 g/mol. The molecule has 0 fully saturated rings. The van der Waals surface area contributed by atoms with Gasteiger partial charge in [0.2, 0.25) is 0 Å². The van der Waals surface area contributed by atoms with Crippen LogP contribution in [0.3, 0.4) is 0 Å². The van der Waals surface area contributed by atoms with Crippen molar-refractivity contribution in [1.82, 2.24) is 5.32 Å². The van der Waals surface area contributed by atoms with Crippen LogP contribution >= 0.6 is 11.3 Å². The summed E-state index contributed by atoms with van der Waals surface area (Å²) in [5, 5.41) is 3.27. The van der Waals surface area contributed by atoms with Crippen LogP contribution in [-0.2, 0) is 14.3 Å². The lowest BCUT2D eigenvalue weighted by molar-refractivity contribution is -0.139. The molecule has 2 unspecified atom stereocenters. The Kier molecular flexibility index (Phi) is 4.39. The number of rotatable bonds is 3. The molecule has 5 heteroatoms. The summed E-state index contributed by atoms with van der Waals surface area (Å²) in [6.45, 7) is 6.05. The minimum atomic E-state index is -0.328. The lowest BCUT2D eigenvalue weighted by atomic mass is 9.73. The summed E-state index contributed by atoms with van der Waals surface area (Å²) < 4.78 is 5.26. The van der Waals surface area contributed by atoms with Gasteiger partial charge in [-0.2, -0.15) is 0 Å². The predicted molar refractivity (Wildman–Crippen MR) is 90.1 cm³/mol. The first-order valence-corrected chi connectivity index (χ1v) is 8.78. The standard InChI is InChI=1S/C18H21NO3S/c1-4-22-18(21)15-11(3)19-12-6-5-7-13(20)16(12)17(15)14-9-8-10(2)23-14/h6,8-9,16-17,19H,4-5,7H2,1-3H3. The molecule has 1 N–H and O–H groups in total. The fourth-order valence-corrected chi connectivity index (χ4v) is 4.44. The first kappa shape index (κ1) is 16.0. The van der Waals surface area contributed by atoms with Gasteiger partial charge in [-0.15, -0.1) is 11.3 Å². The highest BCUT2D eigenvalue weighted by molar-refractivity contribution is 7.12. The van der Waals surface area contributed by atoms with Crippen LogP contribution in [-0.4, -0.2) is 18.4 Å². The quantitative estimate of drug-likeness (QED) is 0.862. The van der Waals surface area contributed by atoms with E-state index in [2.05, 4.69) is 11.4 Å². The second-order valence-electron chi connectivity index (χ2n) is 5.95. The zero-order chi connectivity index (χ0) is 16.6. The number of nitrogens with one attached hydrogen (secondary N) is 1. The van der Waals surface area contributed by atoms with Crippen molar-refractivity contribution >= 4 is 23.1 Å². The number of allylic oxidation sites excluding steroid dienone is 3. The Morgan fingerprint density at radius 3 is 2.78 bits per heavy atom. The van der Waals surface area contributed by atoms with Crippen LogP contribution in [0.1, 0.15) is 42.4 Å². The van der Waals surface area contributed by atoms with E-state index < -0.39 is 0 Å². The van der Waals surface area contributed by atoms with Crippen LogP contribution < -0.4 is 5.32 Å². The molecule has 122 valence electrons. The van der Waals surface area contributed by atoms with Crippen molar-refractivity contribution in [2.75, 3.05) is 6.61 Å². The summed E-state index contributed by atoms with van der Waals surface area (Å²) in [4.78, 5) is 27.4. The first-order chi connectivity index (χ1) is 11.0. The molecule has 1 aliphatic carbocycles. The zero-order valence-corrected chi connectivity index (χ0v) is 14.5. The van der Waals surface area contributed by atoms with Gasteiger partial charge < -0.3 is 10.1 Å². The molecule has 0 spiro atoms. The molecule has 2 atom stereocenters. The Hall–Kier alpha value is -1.88. The smallest absolute Gasteiger partial charge is 0.336 e. The van der Waals surface area contributed by atoms with E-state index >= 15 is 0 Å². The summed E-state index contributed by atoms with van der Waals surface area (Å²) in [6, 6.07) is 4.07. The molecule has 0 aromatic carbocycles. The maximum Gasteiger partial charge on any atom is 0.336 e. The molecule has 0 radical (unpaired) electrons. The van der Waals surface area contributed by atoms with Gasteiger partial charge in [-0.05, 0) is 39.3 Å². The van der Waals surface area contributed by atoms with Gasteiger partial charge >= 0.3 is 5.97 Å². The highest BCUT2D eigenvalue weighted by Crippen LogP contribution is 2.45. The minimum absolute atomic E-state index is 0.195. The number of thiophene rings is 1. The number of carbonyl (C=O) groups excluding carboxylic acids is 2. The first-order valence-electron chi connectivity index (χ1n) is 7.97. The molecule has 2 aliphatic rings. The highest BCUT2D eigenvalue weighted by atomic mass is 32.1. The SMILES string of the molecule is CCOC(=O)C1=C(C)NC2=CCCC(=O)C2C1c1ccc(C)s1. The third-order valence-electron chi connectivity index (χ3n) is 4.38. The lowest BCUT2D eigenvalue weighted by Gasteiger charge is -2.37. The van der Waals surface area contributed by atoms with Gasteiger partial charge in [0.15, 0.2) is 0 Å². The van der Waals surface area contributed by atoms with E-state index in [0.717, 1.165) is 22.7 Å². The maximum atomic E-state index is 12.6. The topological polar surface area (TPSA) is 55.4 Å². The summed E-state index contributed by atoms with van der Waals surface area (Å²) in [5.41, 5.74) is 2.31. The molecular formula is C18H21NO3S. The van der Waals surface area contributed by atoms with Crippen molar-refractivity contribution in [2.24, 2.45) is 5.92 Å². The summed E-state index contributed by atoms with van der Waals surface area (Å²) in [6.07, 6.45) is 3.38. The molecule has 3 rings (SSSR count). The Balaban J connectivity index is 2.14. The highest BCUT2D eigenvalue weighted by Gasteiger charge is 2.43. The molecular weight excluding hydrogens is 310 g/mol. The third kappa shape index (κ3) is 2.85. The molecule has 0 amide bonds. The molecule has 1 aliphatic heterocycles. The zero-order valence-electron chi connectivity index (χ0n) is 13.6. The molecule has 0 bridgehead atoms. The van der Waals surface area contributed by atoms with Crippen molar-refractivity contribution in [3.05, 3.63) is 44.9 Å². The molecule has 1 aromatic rings. The molecule has 2 heterocycles. The Morgan fingerprint density at radius 2 is 2.13 bits per heavy atom. The summed E-state index contributed by atoms with van der Waals surface area (Å²) in [5.74, 6) is -0.677. The Bertz CT molecular complexity index is 714. The number of aryl methyl sites for hydroxylation is 1. The Labute approximate surface area is 140 Å². The van der Waals surface area contributed by atoms with Crippen LogP contribution in [0.2, 0.25) is 0 Å². The summed E-state index contributed by atoms with van der Waals surface area (Å²) >= 11 is 1.64. The van der Waals surface area contributed by atoms with Crippen LogP contribution in [0.25, 0.3) is 0 Å². The van der Waals surface area contributed by atoms with Gasteiger partial charge in [0.1, 0.15) is 5.78 Å². The number of hydrogen-bond acceptors (Lipinski definition) is 5. The van der Waals surface area contributed by atoms with E-state index in [-0.39, 0.29) is 23.6 Å². The second-order valence-corrected chi connectivity index (χ2v) is 7.27. The number of ketones is 1.